The molecule has 1 aliphatic heterocycles. The summed E-state index contributed by atoms with van der Waals surface area (Å²) in [5.41, 5.74) is 0.520. The highest BCUT2D eigenvalue weighted by Crippen LogP contribution is 2.35. The van der Waals surface area contributed by atoms with Crippen molar-refractivity contribution < 1.29 is 26.3 Å². The number of ether oxygens (including phenoxy) is 1. The number of hydrogen-bond acceptors (Lipinski definition) is 4. The zero-order chi connectivity index (χ0) is 21.1. The van der Waals surface area contributed by atoms with E-state index in [0.29, 0.717) is 25.8 Å². The fraction of sp³-hybridized carbons (Fsp3) is 0.368. The van der Waals surface area contributed by atoms with Crippen molar-refractivity contribution >= 4 is 21.6 Å². The first-order chi connectivity index (χ1) is 13.7. The second-order valence-electron chi connectivity index (χ2n) is 6.62. The number of benzene rings is 2. The van der Waals surface area contributed by atoms with Crippen LogP contribution >= 0.6 is 11.6 Å². The largest absolute Gasteiger partial charge is 0.417 e. The molecule has 0 amide bonds. The minimum Gasteiger partial charge on any atom is -0.379 e. The van der Waals surface area contributed by atoms with Gasteiger partial charge in [-0.1, -0.05) is 35.9 Å². The normalized spacial score (nSPS) is 16.1. The monoisotopic (exact) mass is 448 g/mol. The lowest BCUT2D eigenvalue weighted by Crippen LogP contribution is -2.36. The predicted molar refractivity (Wildman–Crippen MR) is 103 cm³/mol. The molecule has 2 aromatic carbocycles. The highest BCUT2D eigenvalue weighted by Gasteiger charge is 2.34. The van der Waals surface area contributed by atoms with E-state index in [1.165, 1.54) is 0 Å². The Kier molecular flexibility index (Phi) is 6.85. The molecule has 1 aliphatic rings. The second-order valence-corrected chi connectivity index (χ2v) is 8.80. The third-order valence-corrected chi connectivity index (χ3v) is 6.35. The molecule has 2 aromatic rings. The number of nitrogens with zero attached hydrogens (tertiary/aromatic N) is 1. The van der Waals surface area contributed by atoms with Gasteiger partial charge in [-0.3, -0.25) is 4.90 Å². The summed E-state index contributed by atoms with van der Waals surface area (Å²) in [6, 6.07) is 9.89. The maximum absolute atomic E-state index is 13.0. The standard InChI is InChI=1S/C19H20ClF3N2O3S/c20-18-6-5-16(11-17(18)19(21,22)23)29(26,27)24-12-14-3-1-2-4-15(14)13-25-7-9-28-10-8-25/h1-6,11,24H,7-10,12-13H2. The quantitative estimate of drug-likeness (QED) is 0.732. The number of rotatable bonds is 6. The number of nitrogens with one attached hydrogen (secondary N) is 1. The van der Waals surface area contributed by atoms with Crippen LogP contribution in [0.2, 0.25) is 5.02 Å². The lowest BCUT2D eigenvalue weighted by Gasteiger charge is -2.27. The number of halogens is 4. The van der Waals surface area contributed by atoms with Gasteiger partial charge in [0.2, 0.25) is 10.0 Å². The average Bonchev–Trinajstić information content (AvgIpc) is 2.67. The van der Waals surface area contributed by atoms with E-state index in [2.05, 4.69) is 9.62 Å². The van der Waals surface area contributed by atoms with Gasteiger partial charge >= 0.3 is 6.18 Å². The van der Waals surface area contributed by atoms with Crippen molar-refractivity contribution in [2.45, 2.75) is 24.2 Å². The van der Waals surface area contributed by atoms with Crippen LogP contribution in [0, 0.1) is 0 Å². The Morgan fingerprint density at radius 3 is 2.38 bits per heavy atom. The van der Waals surface area contributed by atoms with Crippen molar-refractivity contribution in [3.63, 3.8) is 0 Å². The number of sulfonamides is 1. The molecule has 0 saturated carbocycles. The molecule has 0 bridgehead atoms. The fourth-order valence-electron chi connectivity index (χ4n) is 3.03. The summed E-state index contributed by atoms with van der Waals surface area (Å²) in [6.45, 7) is 3.46. The molecule has 0 aromatic heterocycles. The van der Waals surface area contributed by atoms with Gasteiger partial charge in [0.1, 0.15) is 0 Å². The topological polar surface area (TPSA) is 58.6 Å². The van der Waals surface area contributed by atoms with Crippen LogP contribution in [0.5, 0.6) is 0 Å². The molecule has 3 rings (SSSR count). The van der Waals surface area contributed by atoms with E-state index in [9.17, 15) is 21.6 Å². The predicted octanol–water partition coefficient (Wildman–Crippen LogP) is 3.67. The summed E-state index contributed by atoms with van der Waals surface area (Å²) < 4.78 is 71.9. The van der Waals surface area contributed by atoms with E-state index < -0.39 is 31.7 Å². The highest BCUT2D eigenvalue weighted by molar-refractivity contribution is 7.89. The summed E-state index contributed by atoms with van der Waals surface area (Å²) in [4.78, 5) is 1.71. The SMILES string of the molecule is O=S(=O)(NCc1ccccc1CN1CCOCC1)c1ccc(Cl)c(C(F)(F)F)c1. The van der Waals surface area contributed by atoms with E-state index >= 15 is 0 Å². The van der Waals surface area contributed by atoms with Crippen LogP contribution in [0.15, 0.2) is 47.4 Å². The minimum absolute atomic E-state index is 0.0349. The second kappa shape index (κ2) is 9.01. The lowest BCUT2D eigenvalue weighted by atomic mass is 10.1. The average molecular weight is 449 g/mol. The molecule has 0 aliphatic carbocycles. The summed E-state index contributed by atoms with van der Waals surface area (Å²) in [5.74, 6) is 0. The van der Waals surface area contributed by atoms with E-state index in [4.69, 9.17) is 16.3 Å². The van der Waals surface area contributed by atoms with Crippen LogP contribution in [0.1, 0.15) is 16.7 Å². The fourth-order valence-corrected chi connectivity index (χ4v) is 4.29. The van der Waals surface area contributed by atoms with Gasteiger partial charge in [0, 0.05) is 26.2 Å². The van der Waals surface area contributed by atoms with Crippen LogP contribution in [0.4, 0.5) is 13.2 Å². The molecule has 0 atom stereocenters. The summed E-state index contributed by atoms with van der Waals surface area (Å²) >= 11 is 5.57. The molecular formula is C19H20ClF3N2O3S. The molecule has 0 unspecified atom stereocenters. The Hall–Kier alpha value is -1.65. The maximum Gasteiger partial charge on any atom is 0.417 e. The van der Waals surface area contributed by atoms with Crippen molar-refractivity contribution in [2.24, 2.45) is 0 Å². The van der Waals surface area contributed by atoms with Gasteiger partial charge in [0.05, 0.1) is 28.7 Å². The molecule has 158 valence electrons. The van der Waals surface area contributed by atoms with E-state index in [1.54, 1.807) is 12.1 Å². The summed E-state index contributed by atoms with van der Waals surface area (Å²) in [7, 11) is -4.15. The Morgan fingerprint density at radius 1 is 1.07 bits per heavy atom. The first-order valence-corrected chi connectivity index (χ1v) is 10.8. The Morgan fingerprint density at radius 2 is 1.72 bits per heavy atom. The zero-order valence-electron chi connectivity index (χ0n) is 15.4. The molecule has 29 heavy (non-hydrogen) atoms. The number of hydrogen-bond donors (Lipinski definition) is 1. The Labute approximate surface area is 172 Å². The van der Waals surface area contributed by atoms with Crippen molar-refractivity contribution in [3.05, 3.63) is 64.2 Å². The molecule has 0 spiro atoms. The minimum atomic E-state index is -4.74. The van der Waals surface area contributed by atoms with Gasteiger partial charge in [-0.25, -0.2) is 13.1 Å². The molecule has 0 radical (unpaired) electrons. The Balaban J connectivity index is 1.76. The van der Waals surface area contributed by atoms with Gasteiger partial charge in [-0.2, -0.15) is 13.2 Å². The van der Waals surface area contributed by atoms with Crippen molar-refractivity contribution in [1.29, 1.82) is 0 Å². The third kappa shape index (κ3) is 5.70. The number of alkyl halides is 3. The van der Waals surface area contributed by atoms with Crippen LogP contribution < -0.4 is 4.72 Å². The molecule has 1 N–H and O–H groups in total. The van der Waals surface area contributed by atoms with Crippen LogP contribution in [0.25, 0.3) is 0 Å². The van der Waals surface area contributed by atoms with Crippen molar-refractivity contribution in [1.82, 2.24) is 9.62 Å². The first-order valence-electron chi connectivity index (χ1n) is 8.90. The summed E-state index contributed by atoms with van der Waals surface area (Å²) in [5, 5.41) is -0.549. The molecule has 1 fully saturated rings. The zero-order valence-corrected chi connectivity index (χ0v) is 16.9. The van der Waals surface area contributed by atoms with Gasteiger partial charge in [0.15, 0.2) is 0 Å². The highest BCUT2D eigenvalue weighted by atomic mass is 35.5. The molecule has 10 heteroatoms. The van der Waals surface area contributed by atoms with E-state index in [1.807, 2.05) is 12.1 Å². The van der Waals surface area contributed by atoms with Crippen LogP contribution in [-0.4, -0.2) is 39.6 Å². The molecule has 1 saturated heterocycles. The molecule has 5 nitrogen and oxygen atoms in total. The van der Waals surface area contributed by atoms with E-state index in [0.717, 1.165) is 36.3 Å². The van der Waals surface area contributed by atoms with Gasteiger partial charge in [0.25, 0.3) is 0 Å². The first kappa shape index (κ1) is 22.0. The van der Waals surface area contributed by atoms with Crippen LogP contribution in [0.3, 0.4) is 0 Å². The third-order valence-electron chi connectivity index (χ3n) is 4.62. The lowest BCUT2D eigenvalue weighted by molar-refractivity contribution is -0.137. The molecular weight excluding hydrogens is 429 g/mol. The van der Waals surface area contributed by atoms with Gasteiger partial charge in [-0.05, 0) is 29.3 Å². The maximum atomic E-state index is 13.0. The van der Waals surface area contributed by atoms with Crippen molar-refractivity contribution in [3.8, 4) is 0 Å². The summed E-state index contributed by atoms with van der Waals surface area (Å²) in [6.07, 6.45) is -4.74. The van der Waals surface area contributed by atoms with Gasteiger partial charge in [-0.15, -0.1) is 0 Å². The van der Waals surface area contributed by atoms with E-state index in [-0.39, 0.29) is 6.54 Å². The Bertz CT molecular complexity index is 961. The van der Waals surface area contributed by atoms with Crippen molar-refractivity contribution in [2.75, 3.05) is 26.3 Å². The molecule has 1 heterocycles. The van der Waals surface area contributed by atoms with Crippen LogP contribution in [-0.2, 0) is 34.0 Å². The number of morpholine rings is 1. The smallest absolute Gasteiger partial charge is 0.379 e. The van der Waals surface area contributed by atoms with Gasteiger partial charge < -0.3 is 4.74 Å².